The van der Waals surface area contributed by atoms with Gasteiger partial charge in [0.05, 0.1) is 35.5 Å². The third-order valence-corrected chi connectivity index (χ3v) is 7.00. The number of hydrogen-bond acceptors (Lipinski definition) is 5. The Morgan fingerprint density at radius 1 is 1.18 bits per heavy atom. The van der Waals surface area contributed by atoms with Crippen LogP contribution in [0, 0.1) is 5.82 Å². The number of aliphatic hydroxyl groups excluding tert-OH is 1. The molecule has 0 radical (unpaired) electrons. The molecule has 6 nitrogen and oxygen atoms in total. The van der Waals surface area contributed by atoms with Crippen molar-refractivity contribution in [2.45, 2.75) is 30.4 Å². The van der Waals surface area contributed by atoms with Gasteiger partial charge < -0.3 is 19.6 Å². The van der Waals surface area contributed by atoms with Gasteiger partial charge in [0.1, 0.15) is 12.2 Å². The summed E-state index contributed by atoms with van der Waals surface area (Å²) in [6.45, 7) is 0.192. The molecule has 1 fully saturated rings. The van der Waals surface area contributed by atoms with Gasteiger partial charge in [-0.1, -0.05) is 40.5 Å². The summed E-state index contributed by atoms with van der Waals surface area (Å²) in [6, 6.07) is 6.71. The quantitative estimate of drug-likeness (QED) is 0.486. The third kappa shape index (κ3) is 3.38. The highest BCUT2D eigenvalue weighted by Crippen LogP contribution is 2.50. The Labute approximate surface area is 200 Å². The minimum absolute atomic E-state index is 0.0448. The summed E-state index contributed by atoms with van der Waals surface area (Å²) in [5.41, 5.74) is -1.98. The first-order valence-electron chi connectivity index (χ1n) is 10.1. The molecule has 2 aromatic rings. The van der Waals surface area contributed by atoms with Crippen LogP contribution < -0.4 is 0 Å². The monoisotopic (exact) mass is 518 g/mol. The van der Waals surface area contributed by atoms with Crippen molar-refractivity contribution in [1.29, 1.82) is 0 Å². The second kappa shape index (κ2) is 7.81. The van der Waals surface area contributed by atoms with Crippen LogP contribution in [-0.4, -0.2) is 47.5 Å². The molecule has 0 aromatic heterocycles. The van der Waals surface area contributed by atoms with E-state index in [1.54, 1.807) is 18.2 Å². The number of carbonyl (C=O) groups is 1. The van der Waals surface area contributed by atoms with E-state index in [4.69, 9.17) is 37.9 Å². The molecule has 1 spiro atoms. The van der Waals surface area contributed by atoms with Crippen LogP contribution in [0.2, 0.25) is 10.0 Å². The molecule has 1 N–H and O–H groups in total. The van der Waals surface area contributed by atoms with E-state index in [9.17, 15) is 22.4 Å². The average molecular weight is 519 g/mol. The van der Waals surface area contributed by atoms with Crippen LogP contribution >= 0.6 is 23.2 Å². The van der Waals surface area contributed by atoms with Crippen molar-refractivity contribution in [2.75, 3.05) is 19.7 Å². The number of carbonyl (C=O) groups excluding carboxylic acids is 1. The van der Waals surface area contributed by atoms with Gasteiger partial charge in [-0.25, -0.2) is 4.39 Å². The summed E-state index contributed by atoms with van der Waals surface area (Å²) in [4.78, 5) is 18.1. The Morgan fingerprint density at radius 3 is 2.47 bits per heavy atom. The van der Waals surface area contributed by atoms with Crippen molar-refractivity contribution in [3.8, 4) is 0 Å². The number of nitrogens with zero attached hydrogens (tertiary/aromatic N) is 2. The number of alkyl halides is 3. The Balaban J connectivity index is 1.43. The van der Waals surface area contributed by atoms with Gasteiger partial charge in [0, 0.05) is 12.0 Å². The Hall–Kier alpha value is -2.40. The molecular weight excluding hydrogens is 503 g/mol. The molecule has 3 aliphatic heterocycles. The second-order valence-electron chi connectivity index (χ2n) is 8.45. The van der Waals surface area contributed by atoms with Gasteiger partial charge >= 0.3 is 6.18 Å². The number of benzene rings is 2. The minimum atomic E-state index is -4.90. The maximum absolute atomic E-state index is 14.2. The molecular formula is C22H16Cl2F4N2O4. The lowest BCUT2D eigenvalue weighted by molar-refractivity contribution is -0.275. The van der Waals surface area contributed by atoms with Crippen LogP contribution in [-0.2, 0) is 32.2 Å². The van der Waals surface area contributed by atoms with E-state index in [1.807, 2.05) is 0 Å². The van der Waals surface area contributed by atoms with Gasteiger partial charge in [0.15, 0.2) is 5.82 Å². The summed E-state index contributed by atoms with van der Waals surface area (Å²) in [7, 11) is 0. The topological polar surface area (TPSA) is 71.4 Å². The number of oxime groups is 1. The van der Waals surface area contributed by atoms with Crippen molar-refractivity contribution in [3.63, 3.8) is 0 Å². The Bertz CT molecular complexity index is 1210. The first-order chi connectivity index (χ1) is 16.0. The van der Waals surface area contributed by atoms with E-state index < -0.39 is 57.7 Å². The molecule has 1 unspecified atom stereocenters. The number of hydrogen-bond donors (Lipinski definition) is 1. The maximum Gasteiger partial charge on any atom is 0.435 e. The van der Waals surface area contributed by atoms with Crippen molar-refractivity contribution >= 4 is 34.8 Å². The van der Waals surface area contributed by atoms with E-state index in [2.05, 4.69) is 5.16 Å². The first-order valence-corrected chi connectivity index (χ1v) is 10.9. The molecule has 2 aromatic carbocycles. The Morgan fingerprint density at radius 2 is 1.85 bits per heavy atom. The van der Waals surface area contributed by atoms with Gasteiger partial charge in [-0.15, -0.1) is 0 Å². The van der Waals surface area contributed by atoms with E-state index in [-0.39, 0.29) is 25.4 Å². The fraction of sp³-hybridized carbons (Fsp3) is 0.364. The number of rotatable bonds is 3. The largest absolute Gasteiger partial charge is 0.435 e. The van der Waals surface area contributed by atoms with Crippen LogP contribution in [0.5, 0.6) is 0 Å². The van der Waals surface area contributed by atoms with Crippen LogP contribution in [0.3, 0.4) is 0 Å². The fourth-order valence-corrected chi connectivity index (χ4v) is 5.07. The molecule has 3 aliphatic rings. The van der Waals surface area contributed by atoms with Gasteiger partial charge in [0.25, 0.3) is 5.60 Å². The Kier molecular flexibility index (Phi) is 5.36. The van der Waals surface area contributed by atoms with Crippen LogP contribution in [0.4, 0.5) is 17.6 Å². The molecule has 5 rings (SSSR count). The van der Waals surface area contributed by atoms with Crippen molar-refractivity contribution in [1.82, 2.24) is 4.90 Å². The number of halogens is 6. The highest BCUT2D eigenvalue weighted by molar-refractivity contribution is 6.35. The molecule has 12 heteroatoms. The van der Waals surface area contributed by atoms with E-state index in [0.717, 1.165) is 23.3 Å². The number of likely N-dealkylation sites (tertiary alicyclic amines) is 1. The van der Waals surface area contributed by atoms with Crippen LogP contribution in [0.1, 0.15) is 28.7 Å². The molecule has 0 aliphatic carbocycles. The van der Waals surface area contributed by atoms with Gasteiger partial charge in [0.2, 0.25) is 5.91 Å². The minimum Gasteiger partial charge on any atom is -0.387 e. The third-order valence-electron chi connectivity index (χ3n) is 6.45. The highest BCUT2D eigenvalue weighted by Gasteiger charge is 2.62. The number of amides is 1. The summed E-state index contributed by atoms with van der Waals surface area (Å²) < 4.78 is 62.3. The molecule has 1 saturated heterocycles. The average Bonchev–Trinajstić information content (AvgIpc) is 3.38. The zero-order valence-corrected chi connectivity index (χ0v) is 18.8. The maximum atomic E-state index is 14.2. The second-order valence-corrected chi connectivity index (χ2v) is 9.26. The summed E-state index contributed by atoms with van der Waals surface area (Å²) in [5.74, 6) is -1.42. The number of ether oxygens (including phenoxy) is 1. The lowest BCUT2D eigenvalue weighted by atomic mass is 9.83. The predicted molar refractivity (Wildman–Crippen MR) is 113 cm³/mol. The van der Waals surface area contributed by atoms with Gasteiger partial charge in [-0.2, -0.15) is 13.2 Å². The molecule has 1 atom stereocenters. The molecule has 0 bridgehead atoms. The standard InChI is InChI=1S/C22H16Cl2F4N2O4/c23-15-4-13(5-16(24)19(15)25)21(22(26,27)28)6-17(29-34-21)11-1-2-14-12(3-11)8-33-20(14)9-30(10-20)18(32)7-31/h1-5,31H,6-10H2. The predicted octanol–water partition coefficient (Wildman–Crippen LogP) is 4.27. The number of aliphatic hydroxyl groups is 1. The molecule has 0 saturated carbocycles. The highest BCUT2D eigenvalue weighted by atomic mass is 35.5. The lowest BCUT2D eigenvalue weighted by Crippen LogP contribution is -2.61. The zero-order valence-electron chi connectivity index (χ0n) is 17.3. The van der Waals surface area contributed by atoms with Crippen molar-refractivity contribution in [3.05, 3.63) is 68.4 Å². The summed E-state index contributed by atoms with van der Waals surface area (Å²) in [6.07, 6.45) is -5.57. The van der Waals surface area contributed by atoms with Crippen molar-refractivity contribution < 1.29 is 37.0 Å². The fourth-order valence-electron chi connectivity index (χ4n) is 4.59. The molecule has 34 heavy (non-hydrogen) atoms. The smallest absolute Gasteiger partial charge is 0.387 e. The van der Waals surface area contributed by atoms with Crippen LogP contribution in [0.25, 0.3) is 0 Å². The van der Waals surface area contributed by atoms with Crippen molar-refractivity contribution in [2.24, 2.45) is 5.16 Å². The normalized spacial score (nSPS) is 22.9. The summed E-state index contributed by atoms with van der Waals surface area (Å²) >= 11 is 11.5. The van der Waals surface area contributed by atoms with Gasteiger partial charge in [-0.3, -0.25) is 4.79 Å². The van der Waals surface area contributed by atoms with E-state index in [0.29, 0.717) is 5.56 Å². The van der Waals surface area contributed by atoms with E-state index in [1.165, 1.54) is 4.90 Å². The van der Waals surface area contributed by atoms with E-state index >= 15 is 0 Å². The van der Waals surface area contributed by atoms with Gasteiger partial charge in [-0.05, 0) is 34.9 Å². The SMILES string of the molecule is O=C(CO)N1CC2(C1)OCc1cc(C3=NOC(c4cc(Cl)c(F)c(Cl)c4)(C(F)(F)F)C3)ccc12. The molecule has 3 heterocycles. The number of fused-ring (bicyclic) bond motifs is 2. The summed E-state index contributed by atoms with van der Waals surface area (Å²) in [5, 5.41) is 11.6. The first kappa shape index (κ1) is 23.3. The molecule has 1 amide bonds. The molecule has 180 valence electrons. The lowest BCUT2D eigenvalue weighted by Gasteiger charge is -2.47. The zero-order chi connectivity index (χ0) is 24.5. The van der Waals surface area contributed by atoms with Crippen LogP contribution in [0.15, 0.2) is 35.5 Å².